The molecule has 122 valence electrons. The minimum absolute atomic E-state index is 0.225. The fraction of sp³-hybridized carbons (Fsp3) is 0.0952. The molecule has 0 saturated carbocycles. The second-order valence-electron chi connectivity index (χ2n) is 5.05. The highest BCUT2D eigenvalue weighted by molar-refractivity contribution is 14.1. The summed E-state index contributed by atoms with van der Waals surface area (Å²) < 4.78 is 0.225. The summed E-state index contributed by atoms with van der Waals surface area (Å²) >= 11 is 1.77. The number of hydrogen-bond donors (Lipinski definition) is 0. The third-order valence-corrected chi connectivity index (χ3v) is 6.53. The average Bonchev–Trinajstić information content (AvgIpc) is 2.65. The maximum atomic E-state index is 9.80. The molecule has 0 aliphatic rings. The molecule has 1 nitrogen and oxygen atoms in total. The second kappa shape index (κ2) is 10.4. The minimum Gasteiger partial charge on any atom is -0.288 e. The van der Waals surface area contributed by atoms with Crippen LogP contribution in [0.25, 0.3) is 0 Å². The molecular weight excluding hydrogens is 426 g/mol. The maximum Gasteiger partial charge on any atom is 0.192 e. The highest BCUT2D eigenvalue weighted by Gasteiger charge is 2.14. The van der Waals surface area contributed by atoms with Crippen molar-refractivity contribution in [3.05, 3.63) is 91.0 Å². The molecule has 3 rings (SSSR count). The van der Waals surface area contributed by atoms with Crippen molar-refractivity contribution in [3.8, 4) is 0 Å². The first-order valence-electron chi connectivity index (χ1n) is 7.86. The smallest absolute Gasteiger partial charge is 0.192 e. The zero-order valence-corrected chi connectivity index (χ0v) is 16.7. The van der Waals surface area contributed by atoms with Crippen LogP contribution in [0, 0.1) is 0 Å². The molecule has 0 spiro atoms. The van der Waals surface area contributed by atoms with Gasteiger partial charge >= 0.3 is 0 Å². The van der Waals surface area contributed by atoms with Crippen molar-refractivity contribution in [1.82, 2.24) is 0 Å². The lowest BCUT2D eigenvalue weighted by Gasteiger charge is -2.18. The molecule has 0 bridgehead atoms. The van der Waals surface area contributed by atoms with Crippen LogP contribution in [0.4, 0.5) is 0 Å². The highest BCUT2D eigenvalue weighted by atomic mass is 127. The molecule has 0 aliphatic heterocycles. The van der Waals surface area contributed by atoms with Crippen molar-refractivity contribution in [2.24, 2.45) is 0 Å². The Balaban J connectivity index is 0.000000368. The molecule has 0 fully saturated rings. The Hall–Kier alpha value is -1.51. The molecular formula is C21H20IOP. The Labute approximate surface area is 159 Å². The Bertz CT molecular complexity index is 636. The van der Waals surface area contributed by atoms with Gasteiger partial charge in [-0.15, -0.1) is 0 Å². The third kappa shape index (κ3) is 5.85. The molecule has 3 aromatic carbocycles. The SMILES string of the molecule is CCC(=O)I.c1ccc(P(c2ccccc2)c2ccccc2)cc1. The first-order chi connectivity index (χ1) is 11.7. The summed E-state index contributed by atoms with van der Waals surface area (Å²) in [5, 5.41) is 4.19. The van der Waals surface area contributed by atoms with E-state index in [9.17, 15) is 4.79 Å². The standard InChI is InChI=1S/C18H15P.C3H5IO/c1-4-10-16(11-5-1)19(17-12-6-2-7-13-17)18-14-8-3-9-15-18;1-2-3(4)5/h1-15H;2H2,1H3. The largest absolute Gasteiger partial charge is 0.288 e. The number of benzene rings is 3. The summed E-state index contributed by atoms with van der Waals surface area (Å²) in [4.78, 5) is 9.80. The molecule has 0 N–H and O–H groups in total. The Morgan fingerprint density at radius 1 is 0.708 bits per heavy atom. The van der Waals surface area contributed by atoms with Crippen LogP contribution in [0.5, 0.6) is 0 Å². The van der Waals surface area contributed by atoms with E-state index in [4.69, 9.17) is 0 Å². The molecule has 0 amide bonds. The van der Waals surface area contributed by atoms with Gasteiger partial charge in [-0.3, -0.25) is 4.79 Å². The minimum atomic E-state index is -0.446. The summed E-state index contributed by atoms with van der Waals surface area (Å²) in [7, 11) is -0.446. The number of rotatable bonds is 4. The molecule has 24 heavy (non-hydrogen) atoms. The van der Waals surface area contributed by atoms with Crippen molar-refractivity contribution < 1.29 is 4.79 Å². The normalized spacial score (nSPS) is 9.96. The second-order valence-corrected chi connectivity index (χ2v) is 8.47. The molecule has 0 saturated heterocycles. The van der Waals surface area contributed by atoms with Crippen LogP contribution in [-0.2, 0) is 4.79 Å². The fourth-order valence-corrected chi connectivity index (χ4v) is 4.48. The summed E-state index contributed by atoms with van der Waals surface area (Å²) in [5.74, 6) is 0. The summed E-state index contributed by atoms with van der Waals surface area (Å²) in [6.45, 7) is 1.84. The van der Waals surface area contributed by atoms with Gasteiger partial charge < -0.3 is 0 Å². The van der Waals surface area contributed by atoms with Gasteiger partial charge in [0.05, 0.1) is 0 Å². The lowest BCUT2D eigenvalue weighted by Crippen LogP contribution is -2.20. The first-order valence-corrected chi connectivity index (χ1v) is 10.3. The van der Waals surface area contributed by atoms with Gasteiger partial charge in [0.15, 0.2) is 3.79 Å². The average molecular weight is 446 g/mol. The van der Waals surface area contributed by atoms with Gasteiger partial charge in [0.2, 0.25) is 0 Å². The lowest BCUT2D eigenvalue weighted by atomic mass is 10.4. The highest BCUT2D eigenvalue weighted by Crippen LogP contribution is 2.32. The van der Waals surface area contributed by atoms with Gasteiger partial charge in [-0.25, -0.2) is 0 Å². The Kier molecular flexibility index (Phi) is 8.14. The van der Waals surface area contributed by atoms with Gasteiger partial charge in [0, 0.05) is 6.42 Å². The van der Waals surface area contributed by atoms with E-state index in [0.717, 1.165) is 0 Å². The summed E-state index contributed by atoms with van der Waals surface area (Å²) in [6, 6.07) is 32.3. The molecule has 0 radical (unpaired) electrons. The van der Waals surface area contributed by atoms with Crippen LogP contribution in [0.3, 0.4) is 0 Å². The van der Waals surface area contributed by atoms with E-state index in [2.05, 4.69) is 91.0 Å². The van der Waals surface area contributed by atoms with Crippen molar-refractivity contribution in [3.63, 3.8) is 0 Å². The van der Waals surface area contributed by atoms with Crippen LogP contribution in [0.2, 0.25) is 0 Å². The maximum absolute atomic E-state index is 9.80. The Morgan fingerprint density at radius 2 is 0.958 bits per heavy atom. The van der Waals surface area contributed by atoms with Gasteiger partial charge in [-0.05, 0) is 46.4 Å². The van der Waals surface area contributed by atoms with Crippen molar-refractivity contribution in [2.75, 3.05) is 0 Å². The summed E-state index contributed by atoms with van der Waals surface area (Å²) in [5.41, 5.74) is 0. The zero-order chi connectivity index (χ0) is 17.2. The van der Waals surface area contributed by atoms with E-state index in [1.165, 1.54) is 15.9 Å². The van der Waals surface area contributed by atoms with E-state index in [1.54, 1.807) is 22.6 Å². The third-order valence-electron chi connectivity index (χ3n) is 3.32. The van der Waals surface area contributed by atoms with Gasteiger partial charge in [0.25, 0.3) is 0 Å². The van der Waals surface area contributed by atoms with Gasteiger partial charge in [-0.2, -0.15) is 0 Å². The van der Waals surface area contributed by atoms with E-state index < -0.39 is 7.92 Å². The van der Waals surface area contributed by atoms with E-state index >= 15 is 0 Å². The van der Waals surface area contributed by atoms with E-state index in [-0.39, 0.29) is 3.79 Å². The van der Waals surface area contributed by atoms with E-state index in [0.29, 0.717) is 6.42 Å². The quantitative estimate of drug-likeness (QED) is 0.320. The molecule has 0 aliphatic carbocycles. The predicted molar refractivity (Wildman–Crippen MR) is 114 cm³/mol. The van der Waals surface area contributed by atoms with Crippen molar-refractivity contribution >= 4 is 50.2 Å². The molecule has 3 heteroatoms. The number of carbonyl (C=O) groups excluding carboxylic acids is 1. The molecule has 0 atom stereocenters. The molecule has 3 aromatic rings. The fourth-order valence-electron chi connectivity index (χ4n) is 2.18. The van der Waals surface area contributed by atoms with Gasteiger partial charge in [0.1, 0.15) is 0 Å². The first kappa shape index (κ1) is 18.8. The number of carbonyl (C=O) groups is 1. The predicted octanol–water partition coefficient (Wildman–Crippen LogP) is 4.80. The van der Waals surface area contributed by atoms with Crippen LogP contribution < -0.4 is 15.9 Å². The topological polar surface area (TPSA) is 17.1 Å². The van der Waals surface area contributed by atoms with Crippen molar-refractivity contribution in [2.45, 2.75) is 13.3 Å². The van der Waals surface area contributed by atoms with Crippen molar-refractivity contribution in [1.29, 1.82) is 0 Å². The molecule has 0 aromatic heterocycles. The van der Waals surface area contributed by atoms with Crippen LogP contribution >= 0.6 is 30.5 Å². The summed E-state index contributed by atoms with van der Waals surface area (Å²) in [6.07, 6.45) is 0.653. The lowest BCUT2D eigenvalue weighted by molar-refractivity contribution is -0.109. The van der Waals surface area contributed by atoms with Crippen LogP contribution in [-0.4, -0.2) is 3.79 Å². The molecule has 0 heterocycles. The van der Waals surface area contributed by atoms with Crippen LogP contribution in [0.1, 0.15) is 13.3 Å². The van der Waals surface area contributed by atoms with Crippen LogP contribution in [0.15, 0.2) is 91.0 Å². The number of halogens is 1. The number of hydrogen-bond acceptors (Lipinski definition) is 1. The monoisotopic (exact) mass is 446 g/mol. The van der Waals surface area contributed by atoms with Gasteiger partial charge in [-0.1, -0.05) is 97.9 Å². The van der Waals surface area contributed by atoms with E-state index in [1.807, 2.05) is 6.92 Å². The Morgan fingerprint density at radius 3 is 1.17 bits per heavy atom. The zero-order valence-electron chi connectivity index (χ0n) is 13.6. The molecule has 0 unspecified atom stereocenters.